The molecule has 0 aromatic heterocycles. The van der Waals surface area contributed by atoms with E-state index in [0.717, 1.165) is 22.3 Å². The van der Waals surface area contributed by atoms with Crippen LogP contribution < -0.4 is 11.5 Å². The molecule has 0 saturated carbocycles. The lowest BCUT2D eigenvalue weighted by Crippen LogP contribution is -2.56. The number of rotatable bonds is 9. The Kier molecular flexibility index (Phi) is 6.10. The summed E-state index contributed by atoms with van der Waals surface area (Å²) in [5.74, 6) is -2.64. The Morgan fingerprint density at radius 1 is 1.10 bits per heavy atom. The van der Waals surface area contributed by atoms with Crippen molar-refractivity contribution in [2.45, 2.75) is 36.8 Å². The Balaban J connectivity index is 1.73. The zero-order chi connectivity index (χ0) is 21.0. The molecule has 0 spiro atoms. The van der Waals surface area contributed by atoms with Crippen molar-refractivity contribution in [3.63, 3.8) is 0 Å². The lowest BCUT2D eigenvalue weighted by Gasteiger charge is -2.24. The van der Waals surface area contributed by atoms with Crippen LogP contribution in [-0.4, -0.2) is 41.5 Å². The Morgan fingerprint density at radius 2 is 1.66 bits per heavy atom. The van der Waals surface area contributed by atoms with Crippen LogP contribution in [0.15, 0.2) is 48.5 Å². The first-order chi connectivity index (χ1) is 13.9. The Hall–Kier alpha value is -3.03. The number of nitrogens with two attached hydrogens (primary N) is 2. The monoisotopic (exact) mass is 396 g/mol. The van der Waals surface area contributed by atoms with E-state index in [1.54, 1.807) is 0 Å². The summed E-state index contributed by atoms with van der Waals surface area (Å²) < 4.78 is 5.40. The molecule has 2 unspecified atom stereocenters. The van der Waals surface area contributed by atoms with Crippen LogP contribution in [0, 0.1) is 0 Å². The molecule has 152 valence electrons. The van der Waals surface area contributed by atoms with Crippen molar-refractivity contribution in [3.8, 4) is 11.1 Å². The van der Waals surface area contributed by atoms with Crippen LogP contribution in [0.2, 0.25) is 0 Å². The SMILES string of the molecule is NC(C=O)CCCC(N)(C(=O)O)C(=O)OCC1c2ccccc2-c2ccccc21. The molecule has 1 aliphatic carbocycles. The number of carbonyl (C=O) groups is 3. The van der Waals surface area contributed by atoms with Gasteiger partial charge in [-0.25, -0.2) is 9.59 Å². The van der Waals surface area contributed by atoms with Gasteiger partial charge >= 0.3 is 11.9 Å². The summed E-state index contributed by atoms with van der Waals surface area (Å²) >= 11 is 0. The lowest BCUT2D eigenvalue weighted by molar-refractivity contribution is -0.161. The van der Waals surface area contributed by atoms with Gasteiger partial charge in [0.25, 0.3) is 0 Å². The number of fused-ring (bicyclic) bond motifs is 3. The van der Waals surface area contributed by atoms with E-state index in [-0.39, 0.29) is 31.8 Å². The fourth-order valence-corrected chi connectivity index (χ4v) is 3.71. The second kappa shape index (κ2) is 8.55. The standard InChI is InChI=1S/C22H24N2O5/c23-14(12-25)6-5-11-22(24,20(26)27)21(28)29-13-19-17-9-3-1-7-15(17)16-8-2-4-10-18(16)19/h1-4,7-10,12,14,19H,5-6,11,13,23-24H2,(H,26,27). The van der Waals surface area contributed by atoms with E-state index < -0.39 is 23.5 Å². The third kappa shape index (κ3) is 4.06. The first-order valence-electron chi connectivity index (χ1n) is 9.47. The van der Waals surface area contributed by atoms with Crippen molar-refractivity contribution in [2.24, 2.45) is 11.5 Å². The van der Waals surface area contributed by atoms with E-state index in [4.69, 9.17) is 16.2 Å². The number of aliphatic carboxylic acids is 1. The molecule has 1 aliphatic rings. The number of aldehydes is 1. The summed E-state index contributed by atoms with van der Waals surface area (Å²) in [6, 6.07) is 15.0. The molecule has 7 nitrogen and oxygen atoms in total. The van der Waals surface area contributed by atoms with Crippen molar-refractivity contribution in [3.05, 3.63) is 59.7 Å². The van der Waals surface area contributed by atoms with Crippen LogP contribution in [0.25, 0.3) is 11.1 Å². The largest absolute Gasteiger partial charge is 0.479 e. The second-order valence-corrected chi connectivity index (χ2v) is 7.29. The third-order valence-corrected chi connectivity index (χ3v) is 5.37. The zero-order valence-electron chi connectivity index (χ0n) is 15.9. The first kappa shape index (κ1) is 20.7. The highest BCUT2D eigenvalue weighted by Gasteiger charge is 2.44. The van der Waals surface area contributed by atoms with Gasteiger partial charge in [0, 0.05) is 5.92 Å². The van der Waals surface area contributed by atoms with E-state index in [0.29, 0.717) is 6.29 Å². The van der Waals surface area contributed by atoms with Gasteiger partial charge in [0.1, 0.15) is 12.9 Å². The average Bonchev–Trinajstić information content (AvgIpc) is 3.05. The molecule has 5 N–H and O–H groups in total. The van der Waals surface area contributed by atoms with Crippen LogP contribution in [0.3, 0.4) is 0 Å². The van der Waals surface area contributed by atoms with Gasteiger partial charge in [0.2, 0.25) is 5.54 Å². The minimum atomic E-state index is -2.18. The minimum Gasteiger partial charge on any atom is -0.479 e. The molecule has 0 heterocycles. The van der Waals surface area contributed by atoms with Crippen molar-refractivity contribution in [2.75, 3.05) is 6.61 Å². The number of ether oxygens (including phenoxy) is 1. The van der Waals surface area contributed by atoms with Crippen molar-refractivity contribution in [1.29, 1.82) is 0 Å². The predicted octanol–water partition coefficient (Wildman–Crippen LogP) is 1.82. The Labute approximate surface area is 168 Å². The average molecular weight is 396 g/mol. The smallest absolute Gasteiger partial charge is 0.337 e. The third-order valence-electron chi connectivity index (χ3n) is 5.37. The van der Waals surface area contributed by atoms with Crippen molar-refractivity contribution >= 4 is 18.2 Å². The number of carboxylic acids is 1. The molecule has 7 heteroatoms. The zero-order valence-corrected chi connectivity index (χ0v) is 15.9. The summed E-state index contributed by atoms with van der Waals surface area (Å²) in [4.78, 5) is 34.9. The van der Waals surface area contributed by atoms with Crippen LogP contribution in [0.1, 0.15) is 36.3 Å². The highest BCUT2D eigenvalue weighted by Crippen LogP contribution is 2.44. The van der Waals surface area contributed by atoms with Crippen LogP contribution in [0.4, 0.5) is 0 Å². The molecule has 29 heavy (non-hydrogen) atoms. The quantitative estimate of drug-likeness (QED) is 0.334. The molecule has 0 bridgehead atoms. The molecule has 0 aliphatic heterocycles. The summed E-state index contributed by atoms with van der Waals surface area (Å²) in [6.07, 6.45) is 0.867. The summed E-state index contributed by atoms with van der Waals surface area (Å²) in [7, 11) is 0. The highest BCUT2D eigenvalue weighted by molar-refractivity contribution is 6.03. The lowest BCUT2D eigenvalue weighted by atomic mass is 9.92. The molecule has 2 atom stereocenters. The van der Waals surface area contributed by atoms with Gasteiger partial charge in [-0.2, -0.15) is 0 Å². The van der Waals surface area contributed by atoms with Gasteiger partial charge in [-0.15, -0.1) is 0 Å². The molecule has 3 rings (SSSR count). The summed E-state index contributed by atoms with van der Waals surface area (Å²) in [5, 5.41) is 9.51. The molecule has 2 aromatic carbocycles. The highest BCUT2D eigenvalue weighted by atomic mass is 16.5. The Morgan fingerprint density at radius 3 is 2.17 bits per heavy atom. The molecule has 0 fully saturated rings. The van der Waals surface area contributed by atoms with Gasteiger partial charge in [0.15, 0.2) is 0 Å². The first-order valence-corrected chi connectivity index (χ1v) is 9.47. The van der Waals surface area contributed by atoms with E-state index >= 15 is 0 Å². The number of esters is 1. The van der Waals surface area contributed by atoms with Crippen LogP contribution >= 0.6 is 0 Å². The van der Waals surface area contributed by atoms with Gasteiger partial charge in [-0.3, -0.25) is 0 Å². The van der Waals surface area contributed by atoms with Gasteiger partial charge < -0.3 is 26.1 Å². The maximum absolute atomic E-state index is 12.6. The molecular weight excluding hydrogens is 372 g/mol. The van der Waals surface area contributed by atoms with E-state index in [2.05, 4.69) is 0 Å². The normalized spacial score (nSPS) is 15.7. The predicted molar refractivity (Wildman–Crippen MR) is 107 cm³/mol. The fraction of sp³-hybridized carbons (Fsp3) is 0.318. The molecule has 2 aromatic rings. The minimum absolute atomic E-state index is 0.00700. The second-order valence-electron chi connectivity index (χ2n) is 7.29. The summed E-state index contributed by atoms with van der Waals surface area (Å²) in [5.41, 5.74) is 13.4. The maximum Gasteiger partial charge on any atom is 0.337 e. The van der Waals surface area contributed by atoms with Crippen molar-refractivity contribution in [1.82, 2.24) is 0 Å². The molecular formula is C22H24N2O5. The van der Waals surface area contributed by atoms with Crippen molar-refractivity contribution < 1.29 is 24.2 Å². The van der Waals surface area contributed by atoms with Gasteiger partial charge in [0.05, 0.1) is 6.04 Å². The van der Waals surface area contributed by atoms with Crippen LogP contribution in [-0.2, 0) is 19.1 Å². The van der Waals surface area contributed by atoms with E-state index in [1.165, 1.54) is 0 Å². The molecule has 0 radical (unpaired) electrons. The number of hydrogen-bond acceptors (Lipinski definition) is 6. The number of carboxylic acid groups (broad SMARTS) is 1. The fourth-order valence-electron chi connectivity index (χ4n) is 3.71. The number of benzene rings is 2. The Bertz CT molecular complexity index is 883. The van der Waals surface area contributed by atoms with E-state index in [1.807, 2.05) is 48.5 Å². The molecule has 0 amide bonds. The van der Waals surface area contributed by atoms with E-state index in [9.17, 15) is 19.5 Å². The number of hydrogen-bond donors (Lipinski definition) is 3. The topological polar surface area (TPSA) is 133 Å². The van der Waals surface area contributed by atoms with Gasteiger partial charge in [-0.1, -0.05) is 48.5 Å². The molecule has 0 saturated heterocycles. The summed E-state index contributed by atoms with van der Waals surface area (Å²) in [6.45, 7) is -0.00700. The van der Waals surface area contributed by atoms with Crippen LogP contribution in [0.5, 0.6) is 0 Å². The maximum atomic E-state index is 12.6. The number of carbonyl (C=O) groups excluding carboxylic acids is 2. The van der Waals surface area contributed by atoms with Gasteiger partial charge in [-0.05, 0) is 41.5 Å².